The smallest absolute Gasteiger partial charge is 0.110 e. The van der Waals surface area contributed by atoms with Crippen LogP contribution in [0.15, 0.2) is 67.3 Å². The zero-order valence-electron chi connectivity index (χ0n) is 17.3. The fourth-order valence-corrected chi connectivity index (χ4v) is 4.68. The van der Waals surface area contributed by atoms with Crippen LogP contribution in [0.3, 0.4) is 0 Å². The molecule has 1 aromatic heterocycles. The average Bonchev–Trinajstić information content (AvgIpc) is 3.30. The van der Waals surface area contributed by atoms with E-state index in [1.807, 2.05) is 55.0 Å². The molecule has 0 N–H and O–H groups in total. The molecule has 0 aliphatic carbocycles. The first kappa shape index (κ1) is 22.4. The van der Waals surface area contributed by atoms with Gasteiger partial charge in [0.1, 0.15) is 5.41 Å². The maximum atomic E-state index is 10.6. The van der Waals surface area contributed by atoms with Gasteiger partial charge in [-0.2, -0.15) is 5.26 Å². The van der Waals surface area contributed by atoms with Crippen molar-refractivity contribution in [2.45, 2.75) is 56.9 Å². The zero-order valence-corrected chi connectivity index (χ0v) is 18.8. The number of nitriles is 1. The molecule has 0 aliphatic heterocycles. The quantitative estimate of drug-likeness (QED) is 0.305. The largest absolute Gasteiger partial charge is 0.334 e. The van der Waals surface area contributed by atoms with Crippen molar-refractivity contribution in [3.63, 3.8) is 0 Å². The Morgan fingerprint density at radius 3 is 2.53 bits per heavy atom. The van der Waals surface area contributed by atoms with E-state index in [1.165, 1.54) is 19.3 Å². The molecule has 0 fully saturated rings. The molecule has 0 aliphatic rings. The van der Waals surface area contributed by atoms with E-state index in [4.69, 9.17) is 23.2 Å². The fourth-order valence-electron chi connectivity index (χ4n) is 4.11. The van der Waals surface area contributed by atoms with Crippen molar-refractivity contribution in [3.05, 3.63) is 88.4 Å². The normalized spacial score (nSPS) is 14.1. The zero-order chi connectivity index (χ0) is 21.4. The Kier molecular flexibility index (Phi) is 7.96. The highest BCUT2D eigenvalue weighted by atomic mass is 35.5. The molecule has 0 spiro atoms. The summed E-state index contributed by atoms with van der Waals surface area (Å²) in [4.78, 5) is 4.25. The summed E-state index contributed by atoms with van der Waals surface area (Å²) in [6.45, 7) is 2.21. The number of imidazole rings is 1. The van der Waals surface area contributed by atoms with Crippen molar-refractivity contribution in [2.24, 2.45) is 0 Å². The second-order valence-electron chi connectivity index (χ2n) is 7.72. The van der Waals surface area contributed by atoms with Gasteiger partial charge in [-0.05, 0) is 36.1 Å². The lowest BCUT2D eigenvalue weighted by atomic mass is 9.70. The topological polar surface area (TPSA) is 41.6 Å². The van der Waals surface area contributed by atoms with Crippen LogP contribution in [-0.4, -0.2) is 9.55 Å². The van der Waals surface area contributed by atoms with Gasteiger partial charge in [0.2, 0.25) is 0 Å². The monoisotopic (exact) mass is 439 g/mol. The molecule has 2 unspecified atom stereocenters. The van der Waals surface area contributed by atoms with Crippen molar-refractivity contribution in [1.82, 2.24) is 9.55 Å². The van der Waals surface area contributed by atoms with Crippen LogP contribution < -0.4 is 0 Å². The second kappa shape index (κ2) is 10.7. The first-order valence-electron chi connectivity index (χ1n) is 10.5. The van der Waals surface area contributed by atoms with E-state index in [9.17, 15) is 5.26 Å². The fraction of sp³-hybridized carbons (Fsp3) is 0.360. The molecule has 5 heteroatoms. The number of rotatable bonds is 10. The summed E-state index contributed by atoms with van der Waals surface area (Å²) in [5.74, 6) is 0. The van der Waals surface area contributed by atoms with E-state index < -0.39 is 5.41 Å². The molecule has 1 heterocycles. The van der Waals surface area contributed by atoms with Gasteiger partial charge in [-0.15, -0.1) is 0 Å². The van der Waals surface area contributed by atoms with E-state index in [0.29, 0.717) is 16.5 Å². The summed E-state index contributed by atoms with van der Waals surface area (Å²) in [7, 11) is 0. The number of halogens is 2. The minimum absolute atomic E-state index is 0.135. The van der Waals surface area contributed by atoms with Gasteiger partial charge in [0, 0.05) is 28.5 Å². The van der Waals surface area contributed by atoms with Crippen molar-refractivity contribution >= 4 is 23.2 Å². The summed E-state index contributed by atoms with van der Waals surface area (Å²) >= 11 is 12.8. The van der Waals surface area contributed by atoms with Gasteiger partial charge >= 0.3 is 0 Å². The molecule has 156 valence electrons. The molecule has 3 nitrogen and oxygen atoms in total. The Balaban J connectivity index is 2.05. The average molecular weight is 440 g/mol. The Hall–Kier alpha value is -2.28. The molecule has 0 amide bonds. The molecule has 0 saturated carbocycles. The number of aromatic nitrogens is 2. The molecular formula is C25H27Cl2N3. The van der Waals surface area contributed by atoms with Crippen LogP contribution in [0.25, 0.3) is 0 Å². The third-order valence-electron chi connectivity index (χ3n) is 5.73. The summed E-state index contributed by atoms with van der Waals surface area (Å²) in [6.07, 6.45) is 11.9. The van der Waals surface area contributed by atoms with Crippen LogP contribution in [0.1, 0.15) is 62.6 Å². The lowest BCUT2D eigenvalue weighted by Crippen LogP contribution is -2.30. The van der Waals surface area contributed by atoms with Crippen LogP contribution in [-0.2, 0) is 5.41 Å². The lowest BCUT2D eigenvalue weighted by Gasteiger charge is -2.33. The molecule has 2 atom stereocenters. The van der Waals surface area contributed by atoms with Crippen LogP contribution in [0.4, 0.5) is 0 Å². The highest BCUT2D eigenvalue weighted by molar-refractivity contribution is 6.35. The van der Waals surface area contributed by atoms with Crippen molar-refractivity contribution in [3.8, 4) is 6.07 Å². The molecule has 30 heavy (non-hydrogen) atoms. The van der Waals surface area contributed by atoms with E-state index in [0.717, 1.165) is 24.0 Å². The van der Waals surface area contributed by atoms with E-state index in [-0.39, 0.29) is 6.04 Å². The third kappa shape index (κ3) is 5.06. The number of nitrogens with zero attached hydrogens (tertiary/aromatic N) is 3. The van der Waals surface area contributed by atoms with Crippen molar-refractivity contribution < 1.29 is 0 Å². The van der Waals surface area contributed by atoms with Crippen LogP contribution in [0.5, 0.6) is 0 Å². The Bertz CT molecular complexity index is 964. The minimum atomic E-state index is -0.886. The van der Waals surface area contributed by atoms with E-state index >= 15 is 0 Å². The lowest BCUT2D eigenvalue weighted by molar-refractivity contribution is 0.368. The highest BCUT2D eigenvalue weighted by Gasteiger charge is 2.39. The van der Waals surface area contributed by atoms with Gasteiger partial charge in [0.25, 0.3) is 0 Å². The van der Waals surface area contributed by atoms with Crippen molar-refractivity contribution in [2.75, 3.05) is 0 Å². The summed E-state index contributed by atoms with van der Waals surface area (Å²) in [5.41, 5.74) is 0.846. The Morgan fingerprint density at radius 2 is 1.90 bits per heavy atom. The summed E-state index contributed by atoms with van der Waals surface area (Å²) < 4.78 is 2.13. The molecule has 0 radical (unpaired) electrons. The van der Waals surface area contributed by atoms with E-state index in [1.54, 1.807) is 12.3 Å². The second-order valence-corrected chi connectivity index (χ2v) is 8.57. The minimum Gasteiger partial charge on any atom is -0.334 e. The standard InChI is InChI=1S/C25H27Cl2N3/c1-2-3-4-8-11-22(30-15-14-29-19-30)17-25(18-28,20-9-6-5-7-10-20)23-13-12-21(26)16-24(23)27/h5-7,9-10,12-16,19,22H,2-4,8,11,17H2,1H3. The number of benzene rings is 2. The number of unbranched alkanes of at least 4 members (excludes halogenated alkanes) is 3. The molecule has 0 saturated heterocycles. The first-order valence-corrected chi connectivity index (χ1v) is 11.3. The molecule has 2 aromatic carbocycles. The van der Waals surface area contributed by atoms with Gasteiger partial charge in [-0.25, -0.2) is 4.98 Å². The summed E-state index contributed by atoms with van der Waals surface area (Å²) in [6, 6.07) is 18.1. The third-order valence-corrected chi connectivity index (χ3v) is 6.28. The molecule has 3 rings (SSSR count). The number of hydrogen-bond donors (Lipinski definition) is 0. The maximum Gasteiger partial charge on any atom is 0.110 e. The SMILES string of the molecule is CCCCCCC(CC(C#N)(c1ccccc1)c1ccc(Cl)cc1Cl)n1ccnc1. The van der Waals surface area contributed by atoms with Crippen LogP contribution in [0.2, 0.25) is 10.0 Å². The predicted octanol–water partition coefficient (Wildman–Crippen LogP) is 7.60. The van der Waals surface area contributed by atoms with Crippen LogP contribution in [0, 0.1) is 11.3 Å². The maximum absolute atomic E-state index is 10.6. The predicted molar refractivity (Wildman–Crippen MR) is 124 cm³/mol. The molecule has 3 aromatic rings. The first-order chi connectivity index (χ1) is 14.6. The summed E-state index contributed by atoms with van der Waals surface area (Å²) in [5, 5.41) is 11.6. The molecular weight excluding hydrogens is 413 g/mol. The number of hydrogen-bond acceptors (Lipinski definition) is 2. The highest BCUT2D eigenvalue weighted by Crippen LogP contribution is 2.43. The van der Waals surface area contributed by atoms with Gasteiger partial charge in [-0.1, -0.05) is 92.2 Å². The Labute approximate surface area is 189 Å². The van der Waals surface area contributed by atoms with E-state index in [2.05, 4.69) is 22.5 Å². The van der Waals surface area contributed by atoms with Gasteiger partial charge in [0.15, 0.2) is 0 Å². The van der Waals surface area contributed by atoms with Crippen LogP contribution >= 0.6 is 23.2 Å². The van der Waals surface area contributed by atoms with Gasteiger partial charge in [-0.3, -0.25) is 0 Å². The van der Waals surface area contributed by atoms with Crippen molar-refractivity contribution in [1.29, 1.82) is 5.26 Å². The molecule has 0 bridgehead atoms. The Morgan fingerprint density at radius 1 is 1.10 bits per heavy atom. The van der Waals surface area contributed by atoms with Gasteiger partial charge in [0.05, 0.1) is 12.4 Å². The van der Waals surface area contributed by atoms with Gasteiger partial charge < -0.3 is 4.57 Å².